The van der Waals surface area contributed by atoms with Crippen molar-refractivity contribution in [3.8, 4) is 11.5 Å². The van der Waals surface area contributed by atoms with Crippen molar-refractivity contribution in [2.75, 3.05) is 76.7 Å². The van der Waals surface area contributed by atoms with Crippen molar-refractivity contribution in [1.29, 1.82) is 0 Å². The molecule has 0 aliphatic carbocycles. The summed E-state index contributed by atoms with van der Waals surface area (Å²) in [7, 11) is 10.0. The van der Waals surface area contributed by atoms with Crippen molar-refractivity contribution in [1.82, 2.24) is 68.0 Å². The van der Waals surface area contributed by atoms with E-state index in [4.69, 9.17) is 41.0 Å². The molecule has 730 valence electrons. The molecule has 36 nitrogen and oxygen atoms in total. The molecule has 1 unspecified atom stereocenters. The number of methoxy groups -OCH3 is 2. The normalized spacial score (nSPS) is 25.9. The Morgan fingerprint density at radius 2 is 1.50 bits per heavy atom. The van der Waals surface area contributed by atoms with Crippen LogP contribution in [0.15, 0.2) is 121 Å². The van der Waals surface area contributed by atoms with E-state index in [1.165, 1.54) is 97.8 Å². The van der Waals surface area contributed by atoms with E-state index in [-0.39, 0.29) is 97.5 Å². The molecule has 16 N–H and O–H groups in total. The molecule has 0 saturated carbocycles. The topological polar surface area (TPSA) is 504 Å². The first kappa shape index (κ1) is 106. The molecule has 1 aromatic heterocycles. The number of hydrogen-bond donors (Lipinski definition) is 15. The second-order valence-corrected chi connectivity index (χ2v) is 41.1. The van der Waals surface area contributed by atoms with Gasteiger partial charge < -0.3 is 112 Å². The van der Waals surface area contributed by atoms with Gasteiger partial charge in [-0.15, -0.1) is 0 Å². The molecular weight excluding hydrogens is 1830 g/mol. The van der Waals surface area contributed by atoms with E-state index in [1.54, 1.807) is 112 Å². The van der Waals surface area contributed by atoms with Crippen molar-refractivity contribution >= 4 is 149 Å². The fraction of sp³-hybridized carbons (Fsp3) is 0.538. The maximum atomic E-state index is 15.7. The quantitative estimate of drug-likeness (QED) is 0.0113. The largest absolute Gasteiger partial charge is 0.508 e. The summed E-state index contributed by atoms with van der Waals surface area (Å²) in [5.74, 6) is -10.1. The summed E-state index contributed by atoms with van der Waals surface area (Å²) in [6.45, 7) is 14.1. The van der Waals surface area contributed by atoms with Crippen molar-refractivity contribution in [2.24, 2.45) is 11.7 Å². The predicted octanol–water partition coefficient (Wildman–Crippen LogP) is 5.98. The first-order valence-electron chi connectivity index (χ1n) is 44.9. The number of likely N-dealkylation sites (N-methyl/N-ethyl adjacent to an activating group) is 1. The van der Waals surface area contributed by atoms with Gasteiger partial charge >= 0.3 is 18.1 Å². The van der Waals surface area contributed by atoms with Gasteiger partial charge in [0.1, 0.15) is 94.8 Å². The molecule has 4 bridgehead atoms. The van der Waals surface area contributed by atoms with Gasteiger partial charge in [-0.2, -0.15) is 0 Å². The molecule has 0 radical (unpaired) electrons. The number of nitrogens with one attached hydrogen (secondary N) is 11. The number of likely N-dealkylation sites (tertiary alicyclic amines) is 1. The molecule has 5 aromatic rings. The number of unbranched alkanes of at least 4 members (excludes halogenated alkanes) is 1. The maximum absolute atomic E-state index is 15.7. The van der Waals surface area contributed by atoms with Crippen molar-refractivity contribution < 1.29 is 101 Å². The van der Waals surface area contributed by atoms with Crippen LogP contribution in [0.5, 0.6) is 11.5 Å². The number of allylic oxidation sites excluding steroid dienone is 3. The number of aliphatic hydroxyl groups is 2. The number of nitrogens with two attached hydrogens (primary N) is 1. The molecule has 4 saturated heterocycles. The molecule has 134 heavy (non-hydrogen) atoms. The number of alkyl carbamates (subject to hydrolysis) is 1. The average Bonchev–Trinajstić information content (AvgIpc) is 1.57. The van der Waals surface area contributed by atoms with Crippen LogP contribution in [-0.4, -0.2) is 280 Å². The van der Waals surface area contributed by atoms with Crippen molar-refractivity contribution in [3.63, 3.8) is 0 Å². The summed E-state index contributed by atoms with van der Waals surface area (Å²) in [5, 5.41) is 62.3. The van der Waals surface area contributed by atoms with Gasteiger partial charge in [-0.3, -0.25) is 53.3 Å². The van der Waals surface area contributed by atoms with Crippen LogP contribution in [0.3, 0.4) is 0 Å². The number of aromatic hydroxyl groups is 1. The number of para-hydroxylation sites is 1. The highest BCUT2D eigenvalue weighted by atomic mass is 35.5. The number of H-pyrrole nitrogens is 1. The Bertz CT molecular complexity index is 5050. The zero-order chi connectivity index (χ0) is 97.5. The third-order valence-electron chi connectivity index (χ3n) is 24.5. The van der Waals surface area contributed by atoms with Crippen molar-refractivity contribution in [2.45, 2.75) is 240 Å². The van der Waals surface area contributed by atoms with E-state index in [0.717, 1.165) is 33.6 Å². The van der Waals surface area contributed by atoms with E-state index in [2.05, 4.69) is 58.2 Å². The number of benzene rings is 4. The number of halogens is 1. The molecule has 0 spiro atoms. The van der Waals surface area contributed by atoms with Gasteiger partial charge in [0.25, 0.3) is 0 Å². The number of hydrogen-bond acceptors (Lipinski definition) is 26. The standard InChI is InChI=1S/C93H126ClN15O21S4/c1-13-96-89(123)103-65(42-56-26-16-14-17-27-56)82(116)101-67-50-132-133-51-68(102-86(120)77(55(5)110)104-80(114)63(30-20-21-37-95)98-83(117)66(46-59-49-97-62-29-19-18-28-61(59)62)100-81(115)64(99-84(67)118)43-57-32-34-60(111)35-33-57)85(119)105-78(87(121)109-38-22-15-23-39-109)91(6,7)134-131-40-36-74(112)107(9)54(4)88(122)129-73-47-75(113)108(10)69-44-58(45-70(126-11)76(69)94)41-52(2)25-24-31-72(127-12)93(125)48-71(128-90(124)106-93)53(3)79-92(73,8)130-79/h14,16-19,24-29,31-35,44-45,49,53-55,63-68,71-73,77-79,97,110-111,125H,13,15,20-23,30,36-43,46-48,50-51,95H2,1-12H3,(H,98,117)(H,99,118)(H,100,115)(H,101,116)(H,102,120)(H,104,114)(H,105,119)(H,106,124)(H2,96,103,123)/b31-24+,52-25+/t53-,54+,55-,63+,64+,65-,66-,67+,68+,71+,72-,73+,77+,78-,79?,92+,93+/m1/s1. The van der Waals surface area contributed by atoms with Gasteiger partial charge in [0.15, 0.2) is 5.72 Å². The van der Waals surface area contributed by atoms with Gasteiger partial charge in [-0.1, -0.05) is 146 Å². The van der Waals surface area contributed by atoms with Crippen LogP contribution in [0.1, 0.15) is 135 Å². The molecule has 6 heterocycles. The Hall–Kier alpha value is -10.3. The minimum absolute atomic E-state index is 0.0560. The number of phenols is 1. The molecular formula is C93H126ClN15O21S4. The van der Waals surface area contributed by atoms with Crippen LogP contribution in [0.4, 0.5) is 15.3 Å². The molecule has 5 aliphatic heterocycles. The molecule has 13 amide bonds. The second-order valence-electron chi connectivity index (χ2n) is 35.1. The van der Waals surface area contributed by atoms with Crippen LogP contribution in [-0.2, 0) is 97.4 Å². The highest BCUT2D eigenvalue weighted by Gasteiger charge is 2.65. The number of rotatable bonds is 29. The number of esters is 1. The Morgan fingerprint density at radius 1 is 0.828 bits per heavy atom. The van der Waals surface area contributed by atoms with E-state index in [0.29, 0.717) is 71.9 Å². The highest BCUT2D eigenvalue weighted by Crippen LogP contribution is 2.50. The smallest absolute Gasteiger partial charge is 0.409 e. The van der Waals surface area contributed by atoms with E-state index >= 15 is 28.8 Å². The number of aromatic amines is 1. The highest BCUT2D eigenvalue weighted by molar-refractivity contribution is 8.77. The van der Waals surface area contributed by atoms with E-state index < -0.39 is 190 Å². The lowest BCUT2D eigenvalue weighted by atomic mass is 9.83. The first-order valence-corrected chi connectivity index (χ1v) is 50.1. The number of anilines is 1. The van der Waals surface area contributed by atoms with Crippen LogP contribution >= 0.6 is 54.8 Å². The van der Waals surface area contributed by atoms with Gasteiger partial charge in [-0.05, 0) is 153 Å². The lowest BCUT2D eigenvalue weighted by molar-refractivity contribution is -0.162. The van der Waals surface area contributed by atoms with Gasteiger partial charge in [0.05, 0.1) is 31.4 Å². The Labute approximate surface area is 800 Å². The zero-order valence-corrected chi connectivity index (χ0v) is 81.4. The number of piperidine rings is 1. The van der Waals surface area contributed by atoms with Gasteiger partial charge in [0, 0.05) is 118 Å². The molecule has 10 rings (SSSR count). The molecule has 17 atom stereocenters. The summed E-state index contributed by atoms with van der Waals surface area (Å²) in [5.41, 5.74) is 6.76. The number of amides is 13. The van der Waals surface area contributed by atoms with E-state index in [1.807, 2.05) is 25.1 Å². The molecule has 4 fully saturated rings. The predicted molar refractivity (Wildman–Crippen MR) is 513 cm³/mol. The Balaban J connectivity index is 0.914. The minimum atomic E-state index is -1.96. The number of fused-ring (bicyclic) bond motifs is 6. The number of nitrogens with zero attached hydrogens (tertiary/aromatic N) is 3. The summed E-state index contributed by atoms with van der Waals surface area (Å²) < 4.78 is 28.7. The SMILES string of the molecule is CCNC(=O)N[C@H](Cc1ccccc1)C(=O)N[C@H]1CSSC[C@@H](C(=O)N[C@H](C(=O)N2CCCCC2)C(C)(C)SSCCC(=O)N(C)[C@@H](C)C(=O)O[C@H]2CC(=O)N(C)c3cc(cc(OC)c3Cl)C/C(C)=C/C=C/[C@@H](OC)[C@@]3(O)C[C@H](OC(=O)N3)[C@@H](C)C3O[C@]32C)NC(=O)[C@H]([C@@H](C)O)NC(=O)[C@H](CCCCN)NC(=O)[C@@H](Cc2c[nH]c3ccccc23)NC(=O)[C@H](Cc2ccc(O)cc2)NC1=O. The average molecular weight is 1950 g/mol. The van der Waals surface area contributed by atoms with Gasteiger partial charge in [0.2, 0.25) is 59.1 Å². The van der Waals surface area contributed by atoms with Crippen molar-refractivity contribution in [3.05, 3.63) is 148 Å². The summed E-state index contributed by atoms with van der Waals surface area (Å²) in [6.07, 6.45) is 1.61. The molecule has 41 heteroatoms. The summed E-state index contributed by atoms with van der Waals surface area (Å²) in [4.78, 5) is 200. The number of aromatic nitrogens is 1. The zero-order valence-electron chi connectivity index (χ0n) is 77.4. The summed E-state index contributed by atoms with van der Waals surface area (Å²) in [6, 6.07) is 11.0. The fourth-order valence-electron chi connectivity index (χ4n) is 16.4. The number of carbonyl (C=O) groups excluding carboxylic acids is 13. The second kappa shape index (κ2) is 48.9. The third-order valence-corrected chi connectivity index (χ3v) is 30.6. The van der Waals surface area contributed by atoms with E-state index in [9.17, 15) is 48.9 Å². The number of phenolic OH excluding ortho intramolecular Hbond substituents is 1. The van der Waals surface area contributed by atoms with Crippen LogP contribution in [0.2, 0.25) is 5.02 Å². The van der Waals surface area contributed by atoms with Crippen LogP contribution in [0.25, 0.3) is 10.9 Å². The van der Waals surface area contributed by atoms with Gasteiger partial charge in [-0.25, -0.2) is 14.4 Å². The monoisotopic (exact) mass is 1950 g/mol. The fourth-order valence-corrected chi connectivity index (χ4v) is 21.7. The third kappa shape index (κ3) is 28.4. The Morgan fingerprint density at radius 3 is 2.19 bits per heavy atom. The number of aliphatic hydroxyl groups excluding tert-OH is 1. The molecule has 5 aliphatic rings. The lowest BCUT2D eigenvalue weighted by Crippen LogP contribution is -2.64. The molecule has 4 aromatic carbocycles. The number of epoxide rings is 1. The first-order chi connectivity index (χ1) is 63.8. The maximum Gasteiger partial charge on any atom is 0.409 e. The summed E-state index contributed by atoms with van der Waals surface area (Å²) >= 11 is 6.94. The minimum Gasteiger partial charge on any atom is -0.508 e. The lowest BCUT2D eigenvalue weighted by Gasteiger charge is -2.42. The number of ether oxygens (including phenoxy) is 5. The van der Waals surface area contributed by atoms with Crippen LogP contribution < -0.4 is 68.5 Å². The number of carbonyl (C=O) groups is 13. The Kier molecular flexibility index (Phi) is 38.6. The van der Waals surface area contributed by atoms with Crippen LogP contribution in [0, 0.1) is 5.92 Å². The number of urea groups is 1.